The van der Waals surface area contributed by atoms with E-state index < -0.39 is 0 Å². The van der Waals surface area contributed by atoms with E-state index in [2.05, 4.69) is 42.7 Å². The lowest BCUT2D eigenvalue weighted by Crippen LogP contribution is -2.31. The zero-order chi connectivity index (χ0) is 15.6. The van der Waals surface area contributed by atoms with Crippen LogP contribution in [0.15, 0.2) is 41.4 Å². The molecule has 4 rings (SSSR count). The SMILES string of the molecule is Cc1ncc2c(n1)CCN(Cc1cccnc1-c1ccsc1)C2. The van der Waals surface area contributed by atoms with Gasteiger partial charge < -0.3 is 0 Å². The molecule has 4 heterocycles. The van der Waals surface area contributed by atoms with Crippen LogP contribution in [0.4, 0.5) is 0 Å². The van der Waals surface area contributed by atoms with E-state index in [4.69, 9.17) is 0 Å². The van der Waals surface area contributed by atoms with Crippen LogP contribution in [0.5, 0.6) is 0 Å². The van der Waals surface area contributed by atoms with Crippen molar-refractivity contribution in [3.63, 3.8) is 0 Å². The van der Waals surface area contributed by atoms with Crippen molar-refractivity contribution in [3.05, 3.63) is 64.0 Å². The first-order valence-electron chi connectivity index (χ1n) is 7.80. The third-order valence-corrected chi connectivity index (χ3v) is 4.90. The number of pyridine rings is 1. The van der Waals surface area contributed by atoms with Gasteiger partial charge in [0.05, 0.1) is 5.69 Å². The van der Waals surface area contributed by atoms with Gasteiger partial charge in [0.2, 0.25) is 0 Å². The number of hydrogen-bond acceptors (Lipinski definition) is 5. The maximum Gasteiger partial charge on any atom is 0.125 e. The highest BCUT2D eigenvalue weighted by atomic mass is 32.1. The number of nitrogens with zero attached hydrogens (tertiary/aromatic N) is 4. The van der Waals surface area contributed by atoms with E-state index in [1.165, 1.54) is 22.4 Å². The second-order valence-electron chi connectivity index (χ2n) is 5.87. The van der Waals surface area contributed by atoms with Gasteiger partial charge in [-0.3, -0.25) is 9.88 Å². The quantitative estimate of drug-likeness (QED) is 0.740. The van der Waals surface area contributed by atoms with Crippen molar-refractivity contribution in [2.45, 2.75) is 26.4 Å². The van der Waals surface area contributed by atoms with Gasteiger partial charge in [-0.2, -0.15) is 11.3 Å². The van der Waals surface area contributed by atoms with Crippen LogP contribution in [-0.4, -0.2) is 26.4 Å². The van der Waals surface area contributed by atoms with Gasteiger partial charge in [0.15, 0.2) is 0 Å². The molecule has 116 valence electrons. The molecule has 0 spiro atoms. The van der Waals surface area contributed by atoms with Crippen molar-refractivity contribution in [1.82, 2.24) is 19.9 Å². The molecular formula is C18H18N4S. The average Bonchev–Trinajstić information content (AvgIpc) is 3.10. The summed E-state index contributed by atoms with van der Waals surface area (Å²) in [5.41, 5.74) is 6.05. The predicted molar refractivity (Wildman–Crippen MR) is 92.1 cm³/mol. The fourth-order valence-electron chi connectivity index (χ4n) is 3.08. The van der Waals surface area contributed by atoms with Crippen LogP contribution in [0.25, 0.3) is 11.3 Å². The minimum absolute atomic E-state index is 0.865. The van der Waals surface area contributed by atoms with Crippen LogP contribution in [0.1, 0.15) is 22.6 Å². The number of rotatable bonds is 3. The van der Waals surface area contributed by atoms with E-state index in [0.29, 0.717) is 0 Å². The fourth-order valence-corrected chi connectivity index (χ4v) is 3.72. The molecule has 0 aliphatic carbocycles. The largest absolute Gasteiger partial charge is 0.294 e. The molecule has 1 aliphatic rings. The molecular weight excluding hydrogens is 304 g/mol. The van der Waals surface area contributed by atoms with Gasteiger partial charge in [0.1, 0.15) is 5.82 Å². The molecule has 0 aromatic carbocycles. The normalized spacial score (nSPS) is 14.7. The Hall–Kier alpha value is -2.11. The van der Waals surface area contributed by atoms with Crippen LogP contribution >= 0.6 is 11.3 Å². The molecule has 0 radical (unpaired) electrons. The number of fused-ring (bicyclic) bond motifs is 1. The Bertz CT molecular complexity index is 814. The van der Waals surface area contributed by atoms with E-state index in [-0.39, 0.29) is 0 Å². The van der Waals surface area contributed by atoms with Crippen molar-refractivity contribution in [2.75, 3.05) is 6.54 Å². The number of aryl methyl sites for hydroxylation is 1. The maximum atomic E-state index is 4.60. The first-order valence-corrected chi connectivity index (χ1v) is 8.74. The van der Waals surface area contributed by atoms with Crippen LogP contribution < -0.4 is 0 Å². The monoisotopic (exact) mass is 322 g/mol. The number of aromatic nitrogens is 3. The van der Waals surface area contributed by atoms with E-state index in [9.17, 15) is 0 Å². The summed E-state index contributed by atoms with van der Waals surface area (Å²) in [6, 6.07) is 6.34. The molecule has 0 saturated heterocycles. The molecule has 0 fully saturated rings. The Morgan fingerprint density at radius 2 is 2.22 bits per heavy atom. The van der Waals surface area contributed by atoms with E-state index in [1.54, 1.807) is 11.3 Å². The molecule has 0 unspecified atom stereocenters. The highest BCUT2D eigenvalue weighted by Gasteiger charge is 2.19. The van der Waals surface area contributed by atoms with Crippen molar-refractivity contribution in [3.8, 4) is 11.3 Å². The summed E-state index contributed by atoms with van der Waals surface area (Å²) >= 11 is 1.71. The average molecular weight is 322 g/mol. The number of thiophene rings is 1. The Labute approximate surface area is 139 Å². The van der Waals surface area contributed by atoms with Gasteiger partial charge in [-0.05, 0) is 30.0 Å². The summed E-state index contributed by atoms with van der Waals surface area (Å²) in [6.07, 6.45) is 4.85. The zero-order valence-electron chi connectivity index (χ0n) is 13.1. The van der Waals surface area contributed by atoms with Gasteiger partial charge in [-0.1, -0.05) is 6.07 Å². The summed E-state index contributed by atoms with van der Waals surface area (Å²) in [7, 11) is 0. The zero-order valence-corrected chi connectivity index (χ0v) is 13.9. The molecule has 3 aromatic rings. The van der Waals surface area contributed by atoms with Crippen molar-refractivity contribution >= 4 is 11.3 Å². The van der Waals surface area contributed by atoms with Crippen LogP contribution in [-0.2, 0) is 19.5 Å². The molecule has 23 heavy (non-hydrogen) atoms. The van der Waals surface area contributed by atoms with E-state index in [0.717, 1.165) is 37.6 Å². The third-order valence-electron chi connectivity index (χ3n) is 4.21. The molecule has 0 N–H and O–H groups in total. The Kier molecular flexibility index (Phi) is 3.89. The Balaban J connectivity index is 1.57. The first-order chi connectivity index (χ1) is 11.3. The van der Waals surface area contributed by atoms with E-state index >= 15 is 0 Å². The molecule has 0 atom stereocenters. The lowest BCUT2D eigenvalue weighted by atomic mass is 10.0. The smallest absolute Gasteiger partial charge is 0.125 e. The van der Waals surface area contributed by atoms with Crippen LogP contribution in [0.3, 0.4) is 0 Å². The van der Waals surface area contributed by atoms with Gasteiger partial charge in [0.25, 0.3) is 0 Å². The molecule has 5 heteroatoms. The standard InChI is InChI=1S/C18H18N4S/c1-13-20-9-16-11-22(7-4-17(16)21-13)10-14-3-2-6-19-18(14)15-5-8-23-12-15/h2-3,5-6,8-9,12H,4,7,10-11H2,1H3. The lowest BCUT2D eigenvalue weighted by Gasteiger charge is -2.28. The predicted octanol–water partition coefficient (Wildman–Crippen LogP) is 3.47. The molecule has 3 aromatic heterocycles. The molecule has 4 nitrogen and oxygen atoms in total. The lowest BCUT2D eigenvalue weighted by molar-refractivity contribution is 0.242. The second kappa shape index (κ2) is 6.18. The van der Waals surface area contributed by atoms with E-state index in [1.807, 2.05) is 25.4 Å². The summed E-state index contributed by atoms with van der Waals surface area (Å²) < 4.78 is 0. The van der Waals surface area contributed by atoms with Gasteiger partial charge >= 0.3 is 0 Å². The van der Waals surface area contributed by atoms with Gasteiger partial charge in [0, 0.05) is 60.6 Å². The second-order valence-corrected chi connectivity index (χ2v) is 6.65. The third kappa shape index (κ3) is 3.02. The summed E-state index contributed by atoms with van der Waals surface area (Å²) in [4.78, 5) is 16.0. The molecule has 0 amide bonds. The molecule has 1 aliphatic heterocycles. The Morgan fingerprint density at radius 3 is 3.09 bits per heavy atom. The summed E-state index contributed by atoms with van der Waals surface area (Å²) in [5.74, 6) is 0.865. The van der Waals surface area contributed by atoms with Crippen molar-refractivity contribution in [1.29, 1.82) is 0 Å². The van der Waals surface area contributed by atoms with Crippen molar-refractivity contribution < 1.29 is 0 Å². The van der Waals surface area contributed by atoms with Crippen molar-refractivity contribution in [2.24, 2.45) is 0 Å². The van der Waals surface area contributed by atoms with Gasteiger partial charge in [-0.25, -0.2) is 9.97 Å². The number of hydrogen-bond donors (Lipinski definition) is 0. The Morgan fingerprint density at radius 1 is 1.26 bits per heavy atom. The maximum absolute atomic E-state index is 4.60. The fraction of sp³-hybridized carbons (Fsp3) is 0.278. The summed E-state index contributed by atoms with van der Waals surface area (Å²) in [6.45, 7) is 4.80. The van der Waals surface area contributed by atoms with Crippen LogP contribution in [0.2, 0.25) is 0 Å². The highest BCUT2D eigenvalue weighted by molar-refractivity contribution is 7.08. The topological polar surface area (TPSA) is 41.9 Å². The summed E-state index contributed by atoms with van der Waals surface area (Å²) in [5, 5.41) is 4.26. The minimum atomic E-state index is 0.865. The van der Waals surface area contributed by atoms with Crippen LogP contribution in [0, 0.1) is 6.92 Å². The molecule has 0 bridgehead atoms. The highest BCUT2D eigenvalue weighted by Crippen LogP contribution is 2.26. The first kappa shape index (κ1) is 14.5. The van der Waals surface area contributed by atoms with Gasteiger partial charge in [-0.15, -0.1) is 0 Å². The molecule has 0 saturated carbocycles. The minimum Gasteiger partial charge on any atom is -0.294 e.